The highest BCUT2D eigenvalue weighted by Crippen LogP contribution is 2.32. The van der Waals surface area contributed by atoms with Gasteiger partial charge >= 0.3 is 5.69 Å². The Kier molecular flexibility index (Phi) is 7.12. The highest BCUT2D eigenvalue weighted by Gasteiger charge is 2.30. The van der Waals surface area contributed by atoms with Gasteiger partial charge in [-0.1, -0.05) is 52.0 Å². The molecule has 0 radical (unpaired) electrons. The molecule has 0 saturated heterocycles. The maximum atomic E-state index is 13.1. The van der Waals surface area contributed by atoms with Crippen molar-refractivity contribution in [2.45, 2.75) is 72.6 Å². The summed E-state index contributed by atoms with van der Waals surface area (Å²) in [6, 6.07) is 11.8. The van der Waals surface area contributed by atoms with Crippen LogP contribution in [-0.4, -0.2) is 30.0 Å². The zero-order valence-electron chi connectivity index (χ0n) is 22.9. The molecule has 0 unspecified atom stereocenters. The van der Waals surface area contributed by atoms with E-state index in [1.807, 2.05) is 58.0 Å². The molecule has 0 atom stereocenters. The maximum absolute atomic E-state index is 13.1. The Morgan fingerprint density at radius 1 is 1.10 bits per heavy atom. The highest BCUT2D eigenvalue weighted by molar-refractivity contribution is 5.81. The number of aromatic amines is 1. The Hall–Kier alpha value is -4.21. The Bertz CT molecular complexity index is 1620. The van der Waals surface area contributed by atoms with Crippen molar-refractivity contribution in [3.8, 4) is 11.4 Å². The number of anilines is 1. The van der Waals surface area contributed by atoms with Crippen LogP contribution in [0.15, 0.2) is 52.2 Å². The summed E-state index contributed by atoms with van der Waals surface area (Å²) >= 11 is 0. The number of amides is 1. The standard InChI is InChI=1S/C29H35N7O3/c1-5-13-35-25-23(26(37)36(28(35)39)21-10-11-21)33-24(34-25)20-9-12-22(31-17-20)30-15-18-7-6-8-19(14-18)16-32-27(38)29(2,3)4/h6-9,12,14,17,21H,5,10-11,13,15-16H2,1-4H3,(H,30,31)(H,32,38)(H,33,34). The minimum Gasteiger partial charge on any atom is -0.366 e. The molecule has 10 nitrogen and oxygen atoms in total. The normalized spacial score (nSPS) is 13.5. The van der Waals surface area contributed by atoms with Crippen LogP contribution in [0.4, 0.5) is 5.82 Å². The summed E-state index contributed by atoms with van der Waals surface area (Å²) in [6.45, 7) is 9.23. The number of rotatable bonds is 9. The molecule has 1 fully saturated rings. The van der Waals surface area contributed by atoms with Crippen LogP contribution in [-0.2, 0) is 24.4 Å². The van der Waals surface area contributed by atoms with Gasteiger partial charge in [-0.15, -0.1) is 0 Å². The molecular formula is C29H35N7O3. The number of hydrogen-bond donors (Lipinski definition) is 3. The van der Waals surface area contributed by atoms with E-state index >= 15 is 0 Å². The minimum absolute atomic E-state index is 0.0146. The van der Waals surface area contributed by atoms with Crippen molar-refractivity contribution in [1.29, 1.82) is 0 Å². The van der Waals surface area contributed by atoms with Gasteiger partial charge in [0.1, 0.15) is 17.2 Å². The second-order valence-corrected chi connectivity index (χ2v) is 11.2. The monoisotopic (exact) mass is 529 g/mol. The van der Waals surface area contributed by atoms with Gasteiger partial charge < -0.3 is 15.6 Å². The maximum Gasteiger partial charge on any atom is 0.333 e. The van der Waals surface area contributed by atoms with Crippen molar-refractivity contribution in [3.63, 3.8) is 0 Å². The third-order valence-corrected chi connectivity index (χ3v) is 6.81. The lowest BCUT2D eigenvalue weighted by molar-refractivity contribution is -0.128. The Balaban J connectivity index is 1.30. The summed E-state index contributed by atoms with van der Waals surface area (Å²) in [7, 11) is 0. The first kappa shape index (κ1) is 26.4. The minimum atomic E-state index is -0.426. The predicted octanol–water partition coefficient (Wildman–Crippen LogP) is 3.97. The summed E-state index contributed by atoms with van der Waals surface area (Å²) in [6.07, 6.45) is 4.16. The summed E-state index contributed by atoms with van der Waals surface area (Å²) < 4.78 is 2.97. The van der Waals surface area contributed by atoms with Crippen LogP contribution in [0.2, 0.25) is 0 Å². The van der Waals surface area contributed by atoms with Crippen molar-refractivity contribution in [2.24, 2.45) is 5.41 Å². The molecule has 39 heavy (non-hydrogen) atoms. The van der Waals surface area contributed by atoms with E-state index in [2.05, 4.69) is 31.7 Å². The summed E-state index contributed by atoms with van der Waals surface area (Å²) in [5, 5.41) is 6.30. The second kappa shape index (κ2) is 10.5. The van der Waals surface area contributed by atoms with E-state index in [4.69, 9.17) is 0 Å². The molecule has 0 aliphatic heterocycles. The number of H-pyrrole nitrogens is 1. The van der Waals surface area contributed by atoms with E-state index in [0.29, 0.717) is 42.4 Å². The van der Waals surface area contributed by atoms with Gasteiger partial charge in [-0.05, 0) is 42.5 Å². The molecule has 3 aromatic heterocycles. The van der Waals surface area contributed by atoms with Crippen LogP contribution in [0.25, 0.3) is 22.6 Å². The zero-order chi connectivity index (χ0) is 27.7. The van der Waals surface area contributed by atoms with Gasteiger partial charge in [0.05, 0.1) is 0 Å². The van der Waals surface area contributed by atoms with Crippen LogP contribution >= 0.6 is 0 Å². The first-order valence-electron chi connectivity index (χ1n) is 13.5. The van der Waals surface area contributed by atoms with Crippen molar-refractivity contribution < 1.29 is 4.79 Å². The van der Waals surface area contributed by atoms with Crippen molar-refractivity contribution in [2.75, 3.05) is 5.32 Å². The van der Waals surface area contributed by atoms with Gasteiger partial charge in [-0.25, -0.2) is 14.8 Å². The molecule has 1 saturated carbocycles. The SMILES string of the molecule is CCCn1c(=O)n(C2CC2)c(=O)c2[nH]c(-c3ccc(NCc4cccc(CNC(=O)C(C)(C)C)c4)nc3)nc21. The Morgan fingerprint density at radius 3 is 2.49 bits per heavy atom. The fourth-order valence-corrected chi connectivity index (χ4v) is 4.48. The molecule has 1 aliphatic carbocycles. The number of carbonyl (C=O) groups is 1. The second-order valence-electron chi connectivity index (χ2n) is 11.2. The first-order valence-corrected chi connectivity index (χ1v) is 13.5. The van der Waals surface area contributed by atoms with E-state index in [0.717, 1.165) is 36.0 Å². The molecule has 204 valence electrons. The first-order chi connectivity index (χ1) is 18.7. The van der Waals surface area contributed by atoms with Crippen LogP contribution in [0.1, 0.15) is 64.1 Å². The number of hydrogen-bond acceptors (Lipinski definition) is 6. The highest BCUT2D eigenvalue weighted by atomic mass is 16.2. The molecule has 3 heterocycles. The van der Waals surface area contributed by atoms with Crippen LogP contribution < -0.4 is 21.9 Å². The number of nitrogens with one attached hydrogen (secondary N) is 3. The molecule has 1 aromatic carbocycles. The molecule has 4 aromatic rings. The van der Waals surface area contributed by atoms with Gasteiger partial charge in [-0.3, -0.25) is 18.7 Å². The number of aromatic nitrogens is 5. The third-order valence-electron chi connectivity index (χ3n) is 6.81. The average molecular weight is 530 g/mol. The van der Waals surface area contributed by atoms with Crippen molar-refractivity contribution >= 4 is 22.9 Å². The molecule has 1 amide bonds. The van der Waals surface area contributed by atoms with Gasteiger partial charge in [0.25, 0.3) is 5.56 Å². The molecular weight excluding hydrogens is 494 g/mol. The largest absolute Gasteiger partial charge is 0.366 e. The van der Waals surface area contributed by atoms with Crippen molar-refractivity contribution in [1.82, 2.24) is 29.4 Å². The topological polar surface area (TPSA) is 127 Å². The lowest BCUT2D eigenvalue weighted by Crippen LogP contribution is -2.39. The smallest absolute Gasteiger partial charge is 0.333 e. The predicted molar refractivity (Wildman–Crippen MR) is 151 cm³/mol. The van der Waals surface area contributed by atoms with Gasteiger partial charge in [0.15, 0.2) is 5.65 Å². The fraction of sp³-hybridized carbons (Fsp3) is 0.414. The Morgan fingerprint density at radius 2 is 1.85 bits per heavy atom. The van der Waals surface area contributed by atoms with Crippen LogP contribution in [0.3, 0.4) is 0 Å². The number of aryl methyl sites for hydroxylation is 1. The summed E-state index contributed by atoms with van der Waals surface area (Å²) in [4.78, 5) is 50.6. The fourth-order valence-electron chi connectivity index (χ4n) is 4.48. The molecule has 0 bridgehead atoms. The number of benzene rings is 1. The molecule has 3 N–H and O–H groups in total. The Labute approximate surface area is 226 Å². The van der Waals surface area contributed by atoms with E-state index < -0.39 is 5.41 Å². The number of carbonyl (C=O) groups excluding carboxylic acids is 1. The molecule has 1 aliphatic rings. The number of pyridine rings is 1. The lowest BCUT2D eigenvalue weighted by Gasteiger charge is -2.17. The van der Waals surface area contributed by atoms with Crippen LogP contribution in [0, 0.1) is 5.41 Å². The van der Waals surface area contributed by atoms with Crippen molar-refractivity contribution in [3.05, 3.63) is 74.6 Å². The van der Waals surface area contributed by atoms with Gasteiger partial charge in [0, 0.05) is 42.9 Å². The van der Waals surface area contributed by atoms with E-state index in [-0.39, 0.29) is 23.2 Å². The van der Waals surface area contributed by atoms with Gasteiger partial charge in [-0.2, -0.15) is 0 Å². The van der Waals surface area contributed by atoms with Gasteiger partial charge in [0.2, 0.25) is 5.91 Å². The summed E-state index contributed by atoms with van der Waals surface area (Å²) in [5.74, 6) is 1.21. The average Bonchev–Trinajstić information content (AvgIpc) is 3.65. The molecule has 0 spiro atoms. The van der Waals surface area contributed by atoms with E-state index in [9.17, 15) is 14.4 Å². The lowest BCUT2D eigenvalue weighted by atomic mass is 9.95. The van der Waals surface area contributed by atoms with Crippen LogP contribution in [0.5, 0.6) is 0 Å². The third kappa shape index (κ3) is 5.64. The quantitative estimate of drug-likeness (QED) is 0.301. The number of nitrogens with zero attached hydrogens (tertiary/aromatic N) is 4. The van der Waals surface area contributed by atoms with E-state index in [1.54, 1.807) is 10.8 Å². The summed E-state index contributed by atoms with van der Waals surface area (Å²) in [5.41, 5.74) is 2.55. The number of fused-ring (bicyclic) bond motifs is 1. The molecule has 10 heteroatoms. The number of imidazole rings is 1. The van der Waals surface area contributed by atoms with E-state index in [1.165, 1.54) is 4.57 Å². The molecule has 5 rings (SSSR count). The zero-order valence-corrected chi connectivity index (χ0v) is 22.9.